The van der Waals surface area contributed by atoms with Gasteiger partial charge in [0.15, 0.2) is 30.9 Å². The van der Waals surface area contributed by atoms with Crippen molar-refractivity contribution in [3.8, 4) is 46.0 Å². The summed E-state index contributed by atoms with van der Waals surface area (Å²) in [4.78, 5) is 11.0. The van der Waals surface area contributed by atoms with Gasteiger partial charge in [0.2, 0.25) is 0 Å². The van der Waals surface area contributed by atoms with Crippen LogP contribution in [0.2, 0.25) is 35.9 Å². The molecule has 20 rings (SSSR count). The minimum absolute atomic E-state index is 0.118. The van der Waals surface area contributed by atoms with Crippen LogP contribution >= 0.6 is 81.2 Å². The lowest BCUT2D eigenvalue weighted by Crippen LogP contribution is -2.41. The zero-order valence-corrected chi connectivity index (χ0v) is 85.6. The van der Waals surface area contributed by atoms with E-state index in [1.54, 1.807) is 6.07 Å². The molecule has 11 saturated heterocycles. The van der Waals surface area contributed by atoms with Crippen LogP contribution in [0.3, 0.4) is 0 Å². The van der Waals surface area contributed by atoms with Crippen molar-refractivity contribution in [3.63, 3.8) is 0 Å². The van der Waals surface area contributed by atoms with E-state index in [4.69, 9.17) is 174 Å². The maximum absolute atomic E-state index is 6.22. The van der Waals surface area contributed by atoms with Crippen molar-refractivity contribution >= 4 is 139 Å². The summed E-state index contributed by atoms with van der Waals surface area (Å²) in [7, 11) is -0.330. The van der Waals surface area contributed by atoms with Gasteiger partial charge >= 0.3 is 7.12 Å². The Labute approximate surface area is 853 Å². The molecule has 11 aliphatic heterocycles. The number of hydrogen-bond donors (Lipinski definition) is 4. The first-order chi connectivity index (χ1) is 67.8. The van der Waals surface area contributed by atoms with Gasteiger partial charge < -0.3 is 123 Å². The average molecular weight is 2080 g/mol. The Balaban J connectivity index is 0.000000139. The topological polar surface area (TPSA) is 409 Å². The van der Waals surface area contributed by atoms with Gasteiger partial charge in [0.25, 0.3) is 23.5 Å². The molecule has 37 nitrogen and oxygen atoms in total. The Hall–Kier alpha value is -8.69. The van der Waals surface area contributed by atoms with Gasteiger partial charge in [-0.25, -0.2) is 0 Å². The number of nitrogens with two attached hydrogens (primary N) is 3. The van der Waals surface area contributed by atoms with E-state index in [1.807, 2.05) is 73.7 Å². The zero-order chi connectivity index (χ0) is 98.8. The molecule has 0 saturated carbocycles. The number of ether oxygens (including phenoxy) is 14. The molecule has 17 heterocycles. The van der Waals surface area contributed by atoms with E-state index in [2.05, 4.69) is 145 Å². The number of nitrogen functional groups attached to an aromatic ring is 3. The SMILES string of the molecule is C1COCCN1.Cc1ccc(N)cc1-c1cc(N2CCOCC2)c(OC2CCOCC2)nn1.Cc1ccc(N)cc1-c1cc(N2CCOCC2)c(OC2CCOCC2)nn1.Cc1ccc(N)cc1B1OC(C)(C)C(C)(C)O1.Clc1cc(Cl)c(Cl)nn1.Clc1cc(N2CCOCC2)c(Cl)nn1.Clc1cc(N2CCOCC2)c(OC2CCOCC2)nn1.Clc1cc(N2CCOCC2)c(OC2CCOCC2)nn1. The largest absolute Gasteiger partial charge is 0.495 e. The number of anilines is 8. The highest BCUT2D eigenvalue weighted by Gasteiger charge is 2.52. The Morgan fingerprint density at radius 2 is 0.579 bits per heavy atom. The van der Waals surface area contributed by atoms with E-state index in [9.17, 15) is 0 Å². The highest BCUT2D eigenvalue weighted by molar-refractivity contribution is 6.62. The second kappa shape index (κ2) is 55.4. The van der Waals surface area contributed by atoms with Crippen molar-refractivity contribution in [2.45, 2.75) is 135 Å². The van der Waals surface area contributed by atoms with Crippen molar-refractivity contribution in [1.82, 2.24) is 66.5 Å². The number of morpholine rings is 6. The van der Waals surface area contributed by atoms with Crippen LogP contribution in [0, 0.1) is 20.8 Å². The van der Waals surface area contributed by atoms with Crippen LogP contribution in [0.5, 0.6) is 23.5 Å². The number of aryl methyl sites for hydroxylation is 3. The van der Waals surface area contributed by atoms with Gasteiger partial charge in [-0.3, -0.25) is 0 Å². The maximum Gasteiger partial charge on any atom is 0.495 e. The fourth-order valence-corrected chi connectivity index (χ4v) is 17.0. The Morgan fingerprint density at radius 1 is 0.307 bits per heavy atom. The average Bonchev–Trinajstić information content (AvgIpc) is 1.67. The fourth-order valence-electron chi connectivity index (χ4n) is 15.9. The van der Waals surface area contributed by atoms with Gasteiger partial charge in [-0.2, -0.15) is 0 Å². The highest BCUT2D eigenvalue weighted by Crippen LogP contribution is 2.41. The van der Waals surface area contributed by atoms with Crippen molar-refractivity contribution in [1.29, 1.82) is 0 Å². The minimum Gasteiger partial charge on any atom is -0.472 e. The van der Waals surface area contributed by atoms with E-state index in [-0.39, 0.29) is 53.0 Å². The van der Waals surface area contributed by atoms with E-state index in [1.165, 1.54) is 6.07 Å². The molecule has 0 unspecified atom stereocenters. The molecule has 45 heteroatoms. The molecule has 0 aliphatic carbocycles. The Bertz CT molecular complexity index is 5090. The lowest BCUT2D eigenvalue weighted by atomic mass is 9.76. The van der Waals surface area contributed by atoms with Gasteiger partial charge in [0, 0.05) is 176 Å². The molecule has 11 aliphatic rings. The third kappa shape index (κ3) is 33.2. The summed E-state index contributed by atoms with van der Waals surface area (Å²) >= 11 is 39.9. The molecular weight excluding hydrogens is 1950 g/mol. The van der Waals surface area contributed by atoms with Gasteiger partial charge in [-0.15, -0.1) is 61.2 Å². The first kappa shape index (κ1) is 109. The predicted octanol–water partition coefficient (Wildman–Crippen LogP) is 13.4. The minimum atomic E-state index is -0.330. The number of rotatable bonds is 16. The smallest absolute Gasteiger partial charge is 0.472 e. The first-order valence-corrected chi connectivity index (χ1v) is 50.1. The van der Waals surface area contributed by atoms with E-state index in [0.717, 1.165) is 275 Å². The van der Waals surface area contributed by atoms with Gasteiger partial charge in [-0.1, -0.05) is 105 Å². The molecule has 0 amide bonds. The third-order valence-electron chi connectivity index (χ3n) is 24.6. The van der Waals surface area contributed by atoms with Gasteiger partial charge in [0.05, 0.1) is 165 Å². The lowest BCUT2D eigenvalue weighted by Gasteiger charge is -2.32. The number of hydrogen-bond acceptors (Lipinski definition) is 37. The number of nitrogens with one attached hydrogen (secondary N) is 1. The Morgan fingerprint density at radius 3 is 0.893 bits per heavy atom. The molecule has 7 N–H and O–H groups in total. The van der Waals surface area contributed by atoms with E-state index >= 15 is 0 Å². The second-order valence-electron chi connectivity index (χ2n) is 35.1. The summed E-state index contributed by atoms with van der Waals surface area (Å²) in [6.45, 7) is 39.2. The first-order valence-electron chi connectivity index (χ1n) is 47.5. The molecule has 6 aromatic heterocycles. The Kier molecular flexibility index (Phi) is 43.0. The third-order valence-corrected chi connectivity index (χ3v) is 26.2. The monoisotopic (exact) mass is 2070 g/mol. The summed E-state index contributed by atoms with van der Waals surface area (Å²) in [6, 6.07) is 28.4. The summed E-state index contributed by atoms with van der Waals surface area (Å²) in [6.07, 6.45) is 7.54. The molecule has 760 valence electrons. The summed E-state index contributed by atoms with van der Waals surface area (Å²) in [5, 5.41) is 53.5. The number of aromatic nitrogens is 12. The van der Waals surface area contributed by atoms with E-state index in [0.29, 0.717) is 127 Å². The molecule has 0 spiro atoms. The summed E-state index contributed by atoms with van der Waals surface area (Å²) in [5.74, 6) is 2.30. The zero-order valence-electron chi connectivity index (χ0n) is 80.3. The van der Waals surface area contributed by atoms with Crippen LogP contribution < -0.4 is 71.4 Å². The predicted molar refractivity (Wildman–Crippen MR) is 544 cm³/mol. The van der Waals surface area contributed by atoms with Crippen LogP contribution in [0.1, 0.15) is 95.8 Å². The van der Waals surface area contributed by atoms with Crippen molar-refractivity contribution in [3.05, 3.63) is 144 Å². The fraction of sp³-hybridized carbons (Fsp3) is 0.558. The molecule has 0 bridgehead atoms. The molecule has 140 heavy (non-hydrogen) atoms. The maximum atomic E-state index is 6.22. The van der Waals surface area contributed by atoms with Crippen LogP contribution in [-0.2, 0) is 56.7 Å². The summed E-state index contributed by atoms with van der Waals surface area (Å²) in [5.41, 5.74) is 31.9. The number of halogens is 7. The van der Waals surface area contributed by atoms with Crippen molar-refractivity contribution < 1.29 is 75.6 Å². The molecular formula is C95H127BCl7N21O16. The standard InChI is InChI=1S/2C20H26N4O3.C13H20BNO2.2C13H18ClN3O3.C8H9Cl2N3O.C4HCl3N2.C4H9NO/c2*1-14-2-3-15(21)12-17(14)18-13-19(24-6-10-26-11-7-24)20(23-22-18)27-16-4-8-25-9-5-16;1-9-6-7-10(15)8-11(9)14-16-12(2,3)13(4,5)17-14;2*14-12-9-11(17-3-7-19-8-4-17)13(16-15-12)20-10-1-5-18-6-2-10;9-7-5-6(8(10)12-11-7)13-1-3-14-4-2-13;5-2-1-3(6)8-9-4(2)7;1-3-6-4-2-5-1/h2*2-3,12-13,16H,4-11,21H2,1H3;6-8H,15H2,1-5H3;2*9-10H,1-8H2;5H,1-4H2;1H;5H,1-4H2. The molecule has 11 fully saturated rings. The van der Waals surface area contributed by atoms with Crippen LogP contribution in [0.4, 0.5) is 45.5 Å². The lowest BCUT2D eigenvalue weighted by molar-refractivity contribution is 0.00578. The van der Waals surface area contributed by atoms with Gasteiger partial charge in [-0.05, 0) is 120 Å². The number of benzene rings is 3. The molecule has 9 aromatic rings. The van der Waals surface area contributed by atoms with Crippen molar-refractivity contribution in [2.75, 3.05) is 252 Å². The highest BCUT2D eigenvalue weighted by atomic mass is 35.5. The van der Waals surface area contributed by atoms with Crippen LogP contribution in [0.25, 0.3) is 22.5 Å². The van der Waals surface area contributed by atoms with Gasteiger partial charge in [0.1, 0.15) is 47.2 Å². The van der Waals surface area contributed by atoms with Crippen LogP contribution in [0.15, 0.2) is 91.0 Å². The van der Waals surface area contributed by atoms with E-state index < -0.39 is 0 Å². The quantitative estimate of drug-likeness (QED) is 0.0515. The molecule has 3 aromatic carbocycles. The molecule has 0 radical (unpaired) electrons. The normalized spacial score (nSPS) is 19.1. The second-order valence-corrected chi connectivity index (χ2v) is 37.8. The van der Waals surface area contributed by atoms with Crippen LogP contribution in [-0.4, -0.2) is 315 Å². The summed E-state index contributed by atoms with van der Waals surface area (Å²) < 4.78 is 90.0. The van der Waals surface area contributed by atoms with Crippen molar-refractivity contribution in [2.24, 2.45) is 0 Å². The number of nitrogens with zero attached hydrogens (tertiary/aromatic N) is 17. The molecule has 0 atom stereocenters.